The summed E-state index contributed by atoms with van der Waals surface area (Å²) in [6.45, 7) is 6.33. The second kappa shape index (κ2) is 9.83. The van der Waals surface area contributed by atoms with Gasteiger partial charge in [-0.1, -0.05) is 81.4 Å². The number of methoxy groups -OCH3 is 2. The molecule has 0 fully saturated rings. The van der Waals surface area contributed by atoms with Crippen LogP contribution < -0.4 is 0 Å². The molecule has 7 heteroatoms. The smallest absolute Gasteiger partial charge is 0.356 e. The zero-order chi connectivity index (χ0) is 27.9. The lowest BCUT2D eigenvalue weighted by atomic mass is 9.87. The average Bonchev–Trinajstić information content (AvgIpc) is 3.34. The SMILES string of the molecule is COC(=O)c1c(C(=O)c2ccccc2)c2c3ccccc3nc-2n(-c2ccc(C(C)(C)C)cc2)c1C(=O)OC. The van der Waals surface area contributed by atoms with Crippen LogP contribution in [0.1, 0.15) is 63.1 Å². The van der Waals surface area contributed by atoms with Gasteiger partial charge in [0.05, 0.1) is 25.3 Å². The Morgan fingerprint density at radius 3 is 1.97 bits per heavy atom. The number of carbonyl (C=O) groups is 3. The molecular formula is C32H28N2O5. The van der Waals surface area contributed by atoms with Crippen LogP contribution in [-0.2, 0) is 14.9 Å². The Morgan fingerprint density at radius 1 is 0.744 bits per heavy atom. The van der Waals surface area contributed by atoms with Crippen LogP contribution in [0.3, 0.4) is 0 Å². The number of esters is 2. The van der Waals surface area contributed by atoms with Crippen molar-refractivity contribution in [2.24, 2.45) is 0 Å². The molecule has 0 bridgehead atoms. The Kier molecular flexibility index (Phi) is 6.52. The lowest BCUT2D eigenvalue weighted by Crippen LogP contribution is -2.26. The third-order valence-electron chi connectivity index (χ3n) is 6.82. The number of pyridine rings is 1. The largest absolute Gasteiger partial charge is 0.465 e. The van der Waals surface area contributed by atoms with E-state index in [-0.39, 0.29) is 22.2 Å². The van der Waals surface area contributed by atoms with Gasteiger partial charge in [-0.05, 0) is 29.2 Å². The van der Waals surface area contributed by atoms with Gasteiger partial charge in [-0.25, -0.2) is 14.6 Å². The van der Waals surface area contributed by atoms with E-state index in [0.717, 1.165) is 5.56 Å². The van der Waals surface area contributed by atoms with Gasteiger partial charge in [-0.15, -0.1) is 0 Å². The summed E-state index contributed by atoms with van der Waals surface area (Å²) in [5, 5.41) is 0.674. The van der Waals surface area contributed by atoms with Crippen molar-refractivity contribution >= 4 is 28.6 Å². The molecule has 0 N–H and O–H groups in total. The van der Waals surface area contributed by atoms with E-state index in [4.69, 9.17) is 14.5 Å². The first-order valence-corrected chi connectivity index (χ1v) is 12.5. The topological polar surface area (TPSA) is 87.5 Å². The highest BCUT2D eigenvalue weighted by atomic mass is 16.5. The summed E-state index contributed by atoms with van der Waals surface area (Å²) in [4.78, 5) is 45.9. The number of hydrogen-bond donors (Lipinski definition) is 0. The summed E-state index contributed by atoms with van der Waals surface area (Å²) in [7, 11) is 2.45. The molecule has 0 unspecified atom stereocenters. The van der Waals surface area contributed by atoms with Crippen molar-refractivity contribution in [3.63, 3.8) is 0 Å². The molecule has 0 saturated heterocycles. The first-order valence-electron chi connectivity index (χ1n) is 12.5. The van der Waals surface area contributed by atoms with E-state index in [1.807, 2.05) is 48.5 Å². The van der Waals surface area contributed by atoms with Crippen molar-refractivity contribution in [3.05, 3.63) is 107 Å². The molecule has 3 aromatic rings. The highest BCUT2D eigenvalue weighted by Gasteiger charge is 2.37. The zero-order valence-electron chi connectivity index (χ0n) is 22.4. The van der Waals surface area contributed by atoms with Crippen molar-refractivity contribution in [2.45, 2.75) is 26.2 Å². The van der Waals surface area contributed by atoms with Gasteiger partial charge in [0.25, 0.3) is 0 Å². The number of ether oxygens (including phenoxy) is 2. The maximum absolute atomic E-state index is 14.1. The highest BCUT2D eigenvalue weighted by Crippen LogP contribution is 2.41. The van der Waals surface area contributed by atoms with E-state index in [9.17, 15) is 14.4 Å². The maximum Gasteiger partial charge on any atom is 0.356 e. The fraction of sp³-hybridized carbons (Fsp3) is 0.188. The number of fused-ring (bicyclic) bond motifs is 3. The molecular weight excluding hydrogens is 492 g/mol. The van der Waals surface area contributed by atoms with Crippen molar-refractivity contribution in [1.29, 1.82) is 0 Å². The summed E-state index contributed by atoms with van der Waals surface area (Å²) in [6, 6.07) is 23.6. The molecule has 0 saturated carbocycles. The molecule has 0 spiro atoms. The van der Waals surface area contributed by atoms with Gasteiger partial charge in [0.15, 0.2) is 5.78 Å². The monoisotopic (exact) mass is 520 g/mol. The number of benzene rings is 3. The minimum atomic E-state index is -0.832. The number of ketones is 1. The van der Waals surface area contributed by atoms with E-state index in [0.29, 0.717) is 33.5 Å². The molecule has 5 rings (SSSR count). The molecule has 0 radical (unpaired) electrons. The van der Waals surface area contributed by atoms with E-state index in [1.165, 1.54) is 14.2 Å². The van der Waals surface area contributed by atoms with Gasteiger partial charge in [-0.2, -0.15) is 0 Å². The second-order valence-electron chi connectivity index (χ2n) is 10.2. The fourth-order valence-electron chi connectivity index (χ4n) is 4.86. The Morgan fingerprint density at radius 2 is 1.36 bits per heavy atom. The quantitative estimate of drug-likeness (QED) is 0.202. The Balaban J connectivity index is 1.99. The lowest BCUT2D eigenvalue weighted by Gasteiger charge is -2.24. The third-order valence-corrected chi connectivity index (χ3v) is 6.82. The average molecular weight is 521 g/mol. The normalized spacial score (nSPS) is 11.5. The zero-order valence-corrected chi connectivity index (χ0v) is 22.4. The minimum absolute atomic E-state index is 0.0414. The van der Waals surface area contributed by atoms with Crippen molar-refractivity contribution in [1.82, 2.24) is 9.55 Å². The molecule has 196 valence electrons. The van der Waals surface area contributed by atoms with Crippen LogP contribution in [-0.4, -0.2) is 41.5 Å². The van der Waals surface area contributed by atoms with Crippen LogP contribution in [0.2, 0.25) is 0 Å². The van der Waals surface area contributed by atoms with Crippen molar-refractivity contribution in [2.75, 3.05) is 14.2 Å². The predicted molar refractivity (Wildman–Crippen MR) is 149 cm³/mol. The van der Waals surface area contributed by atoms with Crippen LogP contribution in [0.5, 0.6) is 0 Å². The van der Waals surface area contributed by atoms with Crippen LogP contribution in [0, 0.1) is 0 Å². The van der Waals surface area contributed by atoms with Crippen molar-refractivity contribution < 1.29 is 23.9 Å². The highest BCUT2D eigenvalue weighted by molar-refractivity contribution is 6.23. The summed E-state index contributed by atoms with van der Waals surface area (Å²) in [5.74, 6) is -1.71. The molecule has 0 aromatic heterocycles. The molecule has 2 heterocycles. The first kappa shape index (κ1) is 25.9. The van der Waals surface area contributed by atoms with E-state index >= 15 is 0 Å². The van der Waals surface area contributed by atoms with Crippen molar-refractivity contribution in [3.8, 4) is 17.1 Å². The number of carbonyl (C=O) groups excluding carboxylic acids is 3. The number of aromatic nitrogens is 2. The Labute approximate surface area is 226 Å². The summed E-state index contributed by atoms with van der Waals surface area (Å²) in [6.07, 6.45) is 0. The maximum atomic E-state index is 14.1. The summed E-state index contributed by atoms with van der Waals surface area (Å²) < 4.78 is 11.9. The van der Waals surface area contributed by atoms with Gasteiger partial charge in [0.2, 0.25) is 0 Å². The summed E-state index contributed by atoms with van der Waals surface area (Å²) >= 11 is 0. The van der Waals surface area contributed by atoms with Crippen LogP contribution >= 0.6 is 0 Å². The van der Waals surface area contributed by atoms with Gasteiger partial charge >= 0.3 is 11.9 Å². The summed E-state index contributed by atoms with van der Waals surface area (Å²) in [5.41, 5.74) is 2.73. The molecule has 7 nitrogen and oxygen atoms in total. The fourth-order valence-corrected chi connectivity index (χ4v) is 4.86. The predicted octanol–water partition coefficient (Wildman–Crippen LogP) is 6.23. The number of nitrogens with zero attached hydrogens (tertiary/aromatic N) is 2. The van der Waals surface area contributed by atoms with E-state index in [1.54, 1.807) is 34.9 Å². The minimum Gasteiger partial charge on any atom is -0.465 e. The molecule has 2 aliphatic heterocycles. The van der Waals surface area contributed by atoms with Gasteiger partial charge in [0, 0.05) is 22.2 Å². The van der Waals surface area contributed by atoms with Crippen LogP contribution in [0.4, 0.5) is 0 Å². The van der Waals surface area contributed by atoms with Gasteiger partial charge in [-0.3, -0.25) is 9.36 Å². The molecule has 0 amide bonds. The van der Waals surface area contributed by atoms with Gasteiger partial charge < -0.3 is 9.47 Å². The van der Waals surface area contributed by atoms with E-state index < -0.39 is 17.7 Å². The third kappa shape index (κ3) is 4.36. The number of para-hydroxylation sites is 1. The first-order chi connectivity index (χ1) is 18.7. The van der Waals surface area contributed by atoms with Crippen LogP contribution in [0.15, 0.2) is 78.9 Å². The standard InChI is InChI=1S/C32H28N2O5/c1-32(2,3)20-15-17-21(18-16-20)34-27(31(37)39-5)26(30(36)38-4)25(28(35)19-11-7-6-8-12-19)24-22-13-9-10-14-23(22)33-29(24)34/h6-18H,1-5H3. The molecule has 2 aliphatic rings. The number of hydrogen-bond acceptors (Lipinski definition) is 6. The lowest BCUT2D eigenvalue weighted by molar-refractivity contribution is 0.0545. The Bertz CT molecular complexity index is 1690. The van der Waals surface area contributed by atoms with Gasteiger partial charge in [0.1, 0.15) is 17.1 Å². The molecule has 0 aliphatic carbocycles. The molecule has 39 heavy (non-hydrogen) atoms. The van der Waals surface area contributed by atoms with E-state index in [2.05, 4.69) is 20.8 Å². The number of rotatable bonds is 5. The van der Waals surface area contributed by atoms with Crippen LogP contribution in [0.25, 0.3) is 28.0 Å². The molecule has 3 aromatic carbocycles. The Hall–Kier alpha value is -4.78. The second-order valence-corrected chi connectivity index (χ2v) is 10.2. The molecule has 0 atom stereocenters.